The summed E-state index contributed by atoms with van der Waals surface area (Å²) in [5, 5.41) is 0. The molecule has 0 aromatic heterocycles. The molecule has 0 aliphatic carbocycles. The lowest BCUT2D eigenvalue weighted by Gasteiger charge is -2.10. The number of unbranched alkanes of at least 4 members (excludes halogenated alkanes) is 2. The SMILES string of the molecule is COCCOCCCCC(=O)C(N)CCCCN. The van der Waals surface area contributed by atoms with E-state index in [9.17, 15) is 4.79 Å². The Morgan fingerprint density at radius 2 is 1.89 bits per heavy atom. The Hall–Kier alpha value is -0.490. The maximum Gasteiger partial charge on any atom is 0.149 e. The highest BCUT2D eigenvalue weighted by molar-refractivity contribution is 5.83. The highest BCUT2D eigenvalue weighted by Gasteiger charge is 2.11. The molecule has 0 spiro atoms. The number of methoxy groups -OCH3 is 1. The van der Waals surface area contributed by atoms with Crippen molar-refractivity contribution in [2.75, 3.05) is 33.5 Å². The fourth-order valence-corrected chi connectivity index (χ4v) is 1.60. The summed E-state index contributed by atoms with van der Waals surface area (Å²) in [6.45, 7) is 2.58. The first-order valence-corrected chi connectivity index (χ1v) is 6.77. The lowest BCUT2D eigenvalue weighted by Crippen LogP contribution is -2.30. The van der Waals surface area contributed by atoms with Crippen LogP contribution in [0.1, 0.15) is 38.5 Å². The topological polar surface area (TPSA) is 87.6 Å². The van der Waals surface area contributed by atoms with Gasteiger partial charge in [-0.15, -0.1) is 0 Å². The molecule has 0 aromatic carbocycles. The number of carbonyl (C=O) groups excluding carboxylic acids is 1. The largest absolute Gasteiger partial charge is 0.382 e. The van der Waals surface area contributed by atoms with Gasteiger partial charge in [-0.05, 0) is 32.2 Å². The Morgan fingerprint density at radius 1 is 1.11 bits per heavy atom. The van der Waals surface area contributed by atoms with Crippen molar-refractivity contribution in [3.63, 3.8) is 0 Å². The van der Waals surface area contributed by atoms with Gasteiger partial charge in [0, 0.05) is 20.1 Å². The summed E-state index contributed by atoms with van der Waals surface area (Å²) < 4.78 is 10.2. The van der Waals surface area contributed by atoms with E-state index in [1.807, 2.05) is 0 Å². The van der Waals surface area contributed by atoms with E-state index < -0.39 is 0 Å². The number of hydrogen-bond acceptors (Lipinski definition) is 5. The molecule has 4 N–H and O–H groups in total. The molecule has 0 rings (SSSR count). The van der Waals surface area contributed by atoms with Crippen LogP contribution < -0.4 is 11.5 Å². The molecule has 5 heteroatoms. The summed E-state index contributed by atoms with van der Waals surface area (Å²) >= 11 is 0. The molecule has 0 fully saturated rings. The lowest BCUT2D eigenvalue weighted by molar-refractivity contribution is -0.120. The van der Waals surface area contributed by atoms with Gasteiger partial charge in [-0.25, -0.2) is 0 Å². The summed E-state index contributed by atoms with van der Waals surface area (Å²) in [5.41, 5.74) is 11.2. The van der Waals surface area contributed by atoms with E-state index in [2.05, 4.69) is 0 Å². The first-order valence-electron chi connectivity index (χ1n) is 6.77. The maximum atomic E-state index is 11.7. The van der Waals surface area contributed by atoms with Crippen LogP contribution in [0, 0.1) is 0 Å². The lowest BCUT2D eigenvalue weighted by atomic mass is 10.0. The van der Waals surface area contributed by atoms with Crippen molar-refractivity contribution in [1.82, 2.24) is 0 Å². The van der Waals surface area contributed by atoms with Crippen LogP contribution in [0.3, 0.4) is 0 Å². The van der Waals surface area contributed by atoms with Crippen molar-refractivity contribution >= 4 is 5.78 Å². The third-order valence-corrected chi connectivity index (χ3v) is 2.78. The second kappa shape index (κ2) is 13.0. The molecule has 108 valence electrons. The molecule has 0 aromatic rings. The number of ketones is 1. The van der Waals surface area contributed by atoms with E-state index in [0.29, 0.717) is 32.8 Å². The molecule has 1 unspecified atom stereocenters. The molecule has 1 atom stereocenters. The van der Waals surface area contributed by atoms with Gasteiger partial charge in [0.1, 0.15) is 5.78 Å². The number of Topliss-reactive ketones (excluding diaryl/α,β-unsaturated/α-hetero) is 1. The zero-order valence-corrected chi connectivity index (χ0v) is 11.5. The zero-order chi connectivity index (χ0) is 13.6. The van der Waals surface area contributed by atoms with Gasteiger partial charge in [-0.2, -0.15) is 0 Å². The van der Waals surface area contributed by atoms with Gasteiger partial charge in [0.15, 0.2) is 0 Å². The van der Waals surface area contributed by atoms with Crippen molar-refractivity contribution in [3.8, 4) is 0 Å². The molecule has 0 radical (unpaired) electrons. The number of rotatable bonds is 13. The monoisotopic (exact) mass is 260 g/mol. The van der Waals surface area contributed by atoms with Crippen LogP contribution >= 0.6 is 0 Å². The van der Waals surface area contributed by atoms with E-state index in [1.54, 1.807) is 7.11 Å². The smallest absolute Gasteiger partial charge is 0.149 e. The van der Waals surface area contributed by atoms with E-state index in [-0.39, 0.29) is 11.8 Å². The quantitative estimate of drug-likeness (QED) is 0.479. The molecule has 0 saturated heterocycles. The third-order valence-electron chi connectivity index (χ3n) is 2.78. The van der Waals surface area contributed by atoms with Gasteiger partial charge in [0.05, 0.1) is 19.3 Å². The second-order valence-corrected chi connectivity index (χ2v) is 4.42. The molecule has 0 amide bonds. The molecule has 5 nitrogen and oxygen atoms in total. The minimum Gasteiger partial charge on any atom is -0.382 e. The van der Waals surface area contributed by atoms with Gasteiger partial charge in [0.25, 0.3) is 0 Å². The van der Waals surface area contributed by atoms with E-state index in [4.69, 9.17) is 20.9 Å². The molecule has 0 saturated carbocycles. The van der Waals surface area contributed by atoms with E-state index >= 15 is 0 Å². The minimum absolute atomic E-state index is 0.156. The van der Waals surface area contributed by atoms with Crippen LogP contribution in [0.2, 0.25) is 0 Å². The van der Waals surface area contributed by atoms with Crippen LogP contribution in [0.25, 0.3) is 0 Å². The van der Waals surface area contributed by atoms with Crippen LogP contribution in [-0.4, -0.2) is 45.3 Å². The Kier molecular flexibility index (Phi) is 12.6. The van der Waals surface area contributed by atoms with Crippen LogP contribution in [0.4, 0.5) is 0 Å². The number of hydrogen-bond donors (Lipinski definition) is 2. The minimum atomic E-state index is -0.314. The first kappa shape index (κ1) is 17.5. The van der Waals surface area contributed by atoms with Crippen molar-refractivity contribution in [1.29, 1.82) is 0 Å². The first-order chi connectivity index (χ1) is 8.72. The van der Waals surface area contributed by atoms with Crippen LogP contribution in [0.15, 0.2) is 0 Å². The van der Waals surface area contributed by atoms with Gasteiger partial charge in [-0.3, -0.25) is 4.79 Å². The molecule has 0 heterocycles. The Labute approximate surface area is 110 Å². The summed E-state index contributed by atoms with van der Waals surface area (Å²) in [7, 11) is 1.65. The second-order valence-electron chi connectivity index (χ2n) is 4.42. The van der Waals surface area contributed by atoms with Gasteiger partial charge < -0.3 is 20.9 Å². The van der Waals surface area contributed by atoms with Gasteiger partial charge in [-0.1, -0.05) is 6.42 Å². The Balaban J connectivity index is 3.35. The average molecular weight is 260 g/mol. The van der Waals surface area contributed by atoms with Crippen molar-refractivity contribution < 1.29 is 14.3 Å². The summed E-state index contributed by atoms with van der Waals surface area (Å²) in [4.78, 5) is 11.7. The normalized spacial score (nSPS) is 12.6. The molecular formula is C13H28N2O3. The molecule has 0 aliphatic heterocycles. The number of nitrogens with two attached hydrogens (primary N) is 2. The number of ether oxygens (including phenoxy) is 2. The molecule has 0 bridgehead atoms. The Morgan fingerprint density at radius 3 is 2.56 bits per heavy atom. The summed E-state index contributed by atoms with van der Waals surface area (Å²) in [6, 6.07) is -0.314. The molecular weight excluding hydrogens is 232 g/mol. The van der Waals surface area contributed by atoms with Crippen LogP contribution in [-0.2, 0) is 14.3 Å². The maximum absolute atomic E-state index is 11.7. The predicted molar refractivity (Wildman–Crippen MR) is 72.4 cm³/mol. The van der Waals surface area contributed by atoms with Crippen molar-refractivity contribution in [2.24, 2.45) is 11.5 Å². The standard InChI is InChI=1S/C13H28N2O3/c1-17-10-11-18-9-5-3-7-13(16)12(15)6-2-4-8-14/h12H,2-11,14-15H2,1H3. The van der Waals surface area contributed by atoms with Gasteiger partial charge >= 0.3 is 0 Å². The highest BCUT2D eigenvalue weighted by Crippen LogP contribution is 2.04. The van der Waals surface area contributed by atoms with E-state index in [0.717, 1.165) is 32.1 Å². The molecule has 18 heavy (non-hydrogen) atoms. The van der Waals surface area contributed by atoms with Crippen molar-refractivity contribution in [2.45, 2.75) is 44.6 Å². The zero-order valence-electron chi connectivity index (χ0n) is 11.5. The average Bonchev–Trinajstić information content (AvgIpc) is 2.37. The summed E-state index contributed by atoms with van der Waals surface area (Å²) in [6.07, 6.45) is 4.91. The van der Waals surface area contributed by atoms with Gasteiger partial charge in [0.2, 0.25) is 0 Å². The third kappa shape index (κ3) is 10.7. The van der Waals surface area contributed by atoms with E-state index in [1.165, 1.54) is 0 Å². The highest BCUT2D eigenvalue weighted by atomic mass is 16.5. The number of carbonyl (C=O) groups is 1. The Bertz CT molecular complexity index is 201. The summed E-state index contributed by atoms with van der Waals surface area (Å²) in [5.74, 6) is 0.156. The predicted octanol–water partition coefficient (Wildman–Crippen LogP) is 0.845. The van der Waals surface area contributed by atoms with Crippen molar-refractivity contribution in [3.05, 3.63) is 0 Å². The fourth-order valence-electron chi connectivity index (χ4n) is 1.60. The molecule has 0 aliphatic rings. The van der Waals surface area contributed by atoms with Crippen LogP contribution in [0.5, 0.6) is 0 Å². The fraction of sp³-hybridized carbons (Fsp3) is 0.923.